The average Bonchev–Trinajstić information content (AvgIpc) is 3.11. The third kappa shape index (κ3) is 6.00. The Morgan fingerprint density at radius 1 is 0.562 bits per heavy atom. The number of ether oxygens (including phenoxy) is 1. The molecule has 0 saturated carbocycles. The van der Waals surface area contributed by atoms with E-state index in [1.54, 1.807) is 24.3 Å². The van der Waals surface area contributed by atoms with Gasteiger partial charge in [-0.2, -0.15) is 0 Å². The van der Waals surface area contributed by atoms with E-state index in [2.05, 4.69) is 10.6 Å². The quantitative estimate of drug-likeness (QED) is 0.125. The Morgan fingerprint density at radius 3 is 2.00 bits per heavy atom. The largest absolute Gasteiger partial charge is 0.507 e. The maximum absolute atomic E-state index is 13.8. The van der Waals surface area contributed by atoms with Crippen LogP contribution in [0, 0.1) is 0 Å². The minimum Gasteiger partial charge on any atom is -0.507 e. The van der Waals surface area contributed by atoms with Crippen LogP contribution in [-0.2, 0) is 6.61 Å². The molecule has 0 radical (unpaired) electrons. The Labute approximate surface area is 276 Å². The number of benzene rings is 7. The number of aromatic hydroxyl groups is 2. The van der Waals surface area contributed by atoms with E-state index in [-0.39, 0.29) is 35.3 Å². The monoisotopic (exact) mass is 630 g/mol. The van der Waals surface area contributed by atoms with Crippen LogP contribution in [0.25, 0.3) is 32.7 Å². The molecule has 48 heavy (non-hydrogen) atoms. The highest BCUT2D eigenvalue weighted by Crippen LogP contribution is 2.47. The van der Waals surface area contributed by atoms with E-state index in [0.29, 0.717) is 28.3 Å². The minimum absolute atomic E-state index is 0.0663. The molecular formula is C41H30N2O5. The maximum Gasteiger partial charge on any atom is 0.323 e. The summed E-state index contributed by atoms with van der Waals surface area (Å²) >= 11 is 0. The Kier molecular flexibility index (Phi) is 8.16. The Balaban J connectivity index is 1.28. The molecule has 0 heterocycles. The lowest BCUT2D eigenvalue weighted by atomic mass is 9.88. The van der Waals surface area contributed by atoms with Crippen LogP contribution in [0.3, 0.4) is 0 Å². The molecule has 0 aliphatic carbocycles. The molecule has 7 aromatic rings. The Hall–Kier alpha value is -6.60. The Bertz CT molecular complexity index is 2320. The smallest absolute Gasteiger partial charge is 0.323 e. The van der Waals surface area contributed by atoms with Crippen molar-refractivity contribution >= 4 is 44.7 Å². The summed E-state index contributed by atoms with van der Waals surface area (Å²) in [7, 11) is 0. The van der Waals surface area contributed by atoms with Crippen LogP contribution in [0.15, 0.2) is 146 Å². The summed E-state index contributed by atoms with van der Waals surface area (Å²) in [6.07, 6.45) is 0. The van der Waals surface area contributed by atoms with Gasteiger partial charge in [-0.1, -0.05) is 97.1 Å². The van der Waals surface area contributed by atoms with Crippen molar-refractivity contribution in [2.45, 2.75) is 6.61 Å². The van der Waals surface area contributed by atoms with Gasteiger partial charge in [0.05, 0.1) is 11.1 Å². The first kappa shape index (κ1) is 30.1. The van der Waals surface area contributed by atoms with Crippen LogP contribution < -0.4 is 15.4 Å². The van der Waals surface area contributed by atoms with Crippen molar-refractivity contribution in [3.05, 3.63) is 162 Å². The summed E-state index contributed by atoms with van der Waals surface area (Å²) in [5.41, 5.74) is 3.33. The van der Waals surface area contributed by atoms with Gasteiger partial charge in [0.1, 0.15) is 23.9 Å². The van der Waals surface area contributed by atoms with Crippen molar-refractivity contribution in [1.29, 1.82) is 0 Å². The molecule has 0 bridgehead atoms. The molecule has 7 rings (SSSR count). The molecule has 0 fully saturated rings. The normalized spacial score (nSPS) is 10.9. The maximum atomic E-state index is 13.8. The molecule has 234 valence electrons. The molecule has 0 aliphatic rings. The fraction of sp³-hybridized carbons (Fsp3) is 0.0244. The van der Waals surface area contributed by atoms with Gasteiger partial charge in [-0.25, -0.2) is 4.79 Å². The number of phenolic OH excluding ortho intramolecular Hbond substituents is 2. The van der Waals surface area contributed by atoms with Crippen molar-refractivity contribution in [2.75, 3.05) is 10.6 Å². The number of carbonyl (C=O) groups is 2. The number of fused-ring (bicyclic) bond motifs is 2. The first-order chi connectivity index (χ1) is 23.5. The van der Waals surface area contributed by atoms with Crippen LogP contribution in [0.4, 0.5) is 16.2 Å². The topological polar surface area (TPSA) is 108 Å². The molecule has 7 nitrogen and oxygen atoms in total. The predicted molar refractivity (Wildman–Crippen MR) is 190 cm³/mol. The molecule has 2 amide bonds. The number of hydrogen-bond donors (Lipinski definition) is 4. The zero-order valence-corrected chi connectivity index (χ0v) is 25.7. The minimum atomic E-state index is -0.499. The van der Waals surface area contributed by atoms with E-state index in [9.17, 15) is 19.8 Å². The van der Waals surface area contributed by atoms with E-state index in [1.807, 2.05) is 109 Å². The van der Waals surface area contributed by atoms with Crippen LogP contribution in [0.5, 0.6) is 17.2 Å². The molecular weight excluding hydrogens is 600 g/mol. The van der Waals surface area contributed by atoms with E-state index in [0.717, 1.165) is 27.1 Å². The number of ketones is 1. The first-order valence-corrected chi connectivity index (χ1v) is 15.4. The standard InChI is InChI=1S/C41H30N2O5/c44-35-20-9-8-19-33(35)39(45)34-24-28-13-5-7-18-32(28)38(40(34)46)37-31-17-6-4-12-27(31)21-22-36(37)48-25-26-11-10-16-30(23-26)43-41(47)42-29-14-2-1-3-15-29/h1-24,44,46H,25H2,(H2,42,43,47). The Morgan fingerprint density at radius 2 is 1.21 bits per heavy atom. The molecule has 7 aromatic carbocycles. The van der Waals surface area contributed by atoms with E-state index in [1.165, 1.54) is 12.1 Å². The van der Waals surface area contributed by atoms with Gasteiger partial charge in [0.15, 0.2) is 0 Å². The van der Waals surface area contributed by atoms with E-state index < -0.39 is 5.78 Å². The van der Waals surface area contributed by atoms with Gasteiger partial charge in [0, 0.05) is 22.5 Å². The number of carbonyl (C=O) groups excluding carboxylic acids is 2. The number of rotatable bonds is 8. The van der Waals surface area contributed by atoms with Crippen molar-refractivity contribution in [2.24, 2.45) is 0 Å². The lowest BCUT2D eigenvalue weighted by Crippen LogP contribution is -2.19. The number of urea groups is 1. The third-order valence-corrected chi connectivity index (χ3v) is 8.17. The van der Waals surface area contributed by atoms with Gasteiger partial charge in [-0.15, -0.1) is 0 Å². The van der Waals surface area contributed by atoms with E-state index in [4.69, 9.17) is 4.74 Å². The van der Waals surface area contributed by atoms with Crippen LogP contribution in [0.2, 0.25) is 0 Å². The van der Waals surface area contributed by atoms with Crippen LogP contribution >= 0.6 is 0 Å². The van der Waals surface area contributed by atoms with Crippen molar-refractivity contribution < 1.29 is 24.5 Å². The van der Waals surface area contributed by atoms with Crippen molar-refractivity contribution in [3.8, 4) is 28.4 Å². The second-order valence-electron chi connectivity index (χ2n) is 11.3. The predicted octanol–water partition coefficient (Wildman–Crippen LogP) is 9.53. The molecule has 0 aliphatic heterocycles. The highest BCUT2D eigenvalue weighted by molar-refractivity contribution is 6.19. The number of anilines is 2. The molecule has 0 saturated heterocycles. The number of hydrogen-bond acceptors (Lipinski definition) is 5. The number of nitrogens with one attached hydrogen (secondary N) is 2. The second-order valence-corrected chi connectivity index (χ2v) is 11.3. The summed E-state index contributed by atoms with van der Waals surface area (Å²) < 4.78 is 6.49. The number of amides is 2. The van der Waals surface area contributed by atoms with Gasteiger partial charge in [-0.05, 0) is 75.6 Å². The molecule has 7 heteroatoms. The zero-order valence-electron chi connectivity index (χ0n) is 25.7. The highest BCUT2D eigenvalue weighted by Gasteiger charge is 2.25. The third-order valence-electron chi connectivity index (χ3n) is 8.17. The highest BCUT2D eigenvalue weighted by atomic mass is 16.5. The fourth-order valence-electron chi connectivity index (χ4n) is 5.92. The summed E-state index contributed by atoms with van der Waals surface area (Å²) in [4.78, 5) is 26.4. The second kappa shape index (κ2) is 13.0. The summed E-state index contributed by atoms with van der Waals surface area (Å²) in [6.45, 7) is 0.163. The molecule has 0 unspecified atom stereocenters. The number of para-hydroxylation sites is 2. The molecule has 0 atom stereocenters. The first-order valence-electron chi connectivity index (χ1n) is 15.4. The lowest BCUT2D eigenvalue weighted by molar-refractivity contribution is 0.103. The van der Waals surface area contributed by atoms with E-state index >= 15 is 0 Å². The van der Waals surface area contributed by atoms with Crippen LogP contribution in [0.1, 0.15) is 21.5 Å². The fourth-order valence-corrected chi connectivity index (χ4v) is 5.92. The molecule has 4 N–H and O–H groups in total. The zero-order chi connectivity index (χ0) is 33.0. The van der Waals surface area contributed by atoms with Crippen LogP contribution in [-0.4, -0.2) is 22.0 Å². The molecule has 0 spiro atoms. The SMILES string of the molecule is O=C(Nc1ccccc1)Nc1cccc(COc2ccc3ccccc3c2-c2c(O)c(C(=O)c3ccccc3O)cc3ccccc23)c1. The van der Waals surface area contributed by atoms with Crippen molar-refractivity contribution in [1.82, 2.24) is 0 Å². The van der Waals surface area contributed by atoms with Gasteiger partial charge < -0.3 is 25.6 Å². The van der Waals surface area contributed by atoms with Gasteiger partial charge >= 0.3 is 6.03 Å². The summed E-state index contributed by atoms with van der Waals surface area (Å²) in [5, 5.41) is 31.4. The summed E-state index contributed by atoms with van der Waals surface area (Å²) in [5.74, 6) is -0.374. The van der Waals surface area contributed by atoms with Gasteiger partial charge in [0.25, 0.3) is 0 Å². The average molecular weight is 631 g/mol. The molecule has 0 aromatic heterocycles. The van der Waals surface area contributed by atoms with Gasteiger partial charge in [-0.3, -0.25) is 4.79 Å². The van der Waals surface area contributed by atoms with Crippen molar-refractivity contribution in [3.63, 3.8) is 0 Å². The number of phenols is 2. The lowest BCUT2D eigenvalue weighted by Gasteiger charge is -2.19. The summed E-state index contributed by atoms with van der Waals surface area (Å²) in [6, 6.07) is 43.3. The van der Waals surface area contributed by atoms with Gasteiger partial charge in [0.2, 0.25) is 5.78 Å².